The maximum absolute atomic E-state index is 11.7. The van der Waals surface area contributed by atoms with E-state index in [2.05, 4.69) is 10.2 Å². The van der Waals surface area contributed by atoms with Gasteiger partial charge in [-0.2, -0.15) is 0 Å². The zero-order chi connectivity index (χ0) is 14.9. The highest BCUT2D eigenvalue weighted by atomic mass is 32.2. The number of rotatable bonds is 5. The normalized spacial score (nSPS) is 23.3. The lowest BCUT2D eigenvalue weighted by Crippen LogP contribution is -2.40. The highest BCUT2D eigenvalue weighted by molar-refractivity contribution is 7.89. The molecule has 5 nitrogen and oxygen atoms in total. The van der Waals surface area contributed by atoms with Crippen LogP contribution in [0.5, 0.6) is 0 Å². The van der Waals surface area contributed by atoms with Crippen LogP contribution in [0.1, 0.15) is 25.7 Å². The number of hydrogen-bond acceptors (Lipinski definition) is 4. The van der Waals surface area contributed by atoms with Gasteiger partial charge in [0.05, 0.1) is 5.69 Å². The molecule has 1 aromatic carbocycles. The molecule has 0 bridgehead atoms. The van der Waals surface area contributed by atoms with Crippen molar-refractivity contribution in [3.05, 3.63) is 24.3 Å². The van der Waals surface area contributed by atoms with E-state index in [9.17, 15) is 8.42 Å². The predicted octanol–water partition coefficient (Wildman–Crippen LogP) is 1.30. The molecule has 0 amide bonds. The molecule has 3 rings (SSSR count). The summed E-state index contributed by atoms with van der Waals surface area (Å²) in [6.45, 7) is 2.82. The quantitative estimate of drug-likeness (QED) is 0.860. The van der Waals surface area contributed by atoms with Gasteiger partial charge in [-0.3, -0.25) is 0 Å². The highest BCUT2D eigenvalue weighted by Crippen LogP contribution is 2.29. The number of piperidine rings is 1. The maximum atomic E-state index is 11.7. The molecule has 1 unspecified atom stereocenters. The lowest BCUT2D eigenvalue weighted by molar-refractivity contribution is 0.390. The molecule has 3 N–H and O–H groups in total. The fraction of sp³-hybridized carbons (Fsp3) is 0.600. The summed E-state index contributed by atoms with van der Waals surface area (Å²) in [7, 11) is -3.67. The molecule has 1 aliphatic carbocycles. The van der Waals surface area contributed by atoms with Crippen LogP contribution in [0.25, 0.3) is 0 Å². The van der Waals surface area contributed by atoms with Crippen molar-refractivity contribution in [3.8, 4) is 0 Å². The van der Waals surface area contributed by atoms with Gasteiger partial charge in [0, 0.05) is 19.1 Å². The van der Waals surface area contributed by atoms with E-state index in [1.165, 1.54) is 19.3 Å². The molecule has 1 atom stereocenters. The molecule has 1 saturated carbocycles. The number of anilines is 1. The van der Waals surface area contributed by atoms with E-state index >= 15 is 0 Å². The number of nitrogens with one attached hydrogen (secondary N) is 1. The van der Waals surface area contributed by atoms with Crippen molar-refractivity contribution in [2.75, 3.05) is 24.5 Å². The first-order valence-corrected chi connectivity index (χ1v) is 9.19. The molecule has 1 heterocycles. The van der Waals surface area contributed by atoms with Crippen LogP contribution in [0.15, 0.2) is 29.2 Å². The summed E-state index contributed by atoms with van der Waals surface area (Å²) < 4.78 is 23.5. The Hall–Kier alpha value is -1.11. The van der Waals surface area contributed by atoms with E-state index in [4.69, 9.17) is 5.14 Å². The van der Waals surface area contributed by atoms with E-state index in [-0.39, 0.29) is 4.90 Å². The number of primary sulfonamides is 1. The summed E-state index contributed by atoms with van der Waals surface area (Å²) >= 11 is 0. The van der Waals surface area contributed by atoms with Crippen LogP contribution in [0, 0.1) is 5.92 Å². The Morgan fingerprint density at radius 1 is 1.24 bits per heavy atom. The second-order valence-electron chi connectivity index (χ2n) is 6.15. The third-order valence-electron chi connectivity index (χ3n) is 4.30. The van der Waals surface area contributed by atoms with E-state index in [1.54, 1.807) is 12.1 Å². The second-order valence-corrected chi connectivity index (χ2v) is 7.68. The van der Waals surface area contributed by atoms with Crippen molar-refractivity contribution < 1.29 is 8.42 Å². The minimum absolute atomic E-state index is 0.237. The monoisotopic (exact) mass is 309 g/mol. The number of hydrogen-bond donors (Lipinski definition) is 2. The molecule has 116 valence electrons. The largest absolute Gasteiger partial charge is 0.370 e. The van der Waals surface area contributed by atoms with E-state index in [0.29, 0.717) is 5.92 Å². The fourth-order valence-corrected chi connectivity index (χ4v) is 3.79. The van der Waals surface area contributed by atoms with Gasteiger partial charge >= 0.3 is 0 Å². The molecule has 0 aromatic heterocycles. The zero-order valence-electron chi connectivity index (χ0n) is 12.2. The molecule has 21 heavy (non-hydrogen) atoms. The van der Waals surface area contributed by atoms with Crippen molar-refractivity contribution in [1.82, 2.24) is 5.32 Å². The average Bonchev–Trinajstić information content (AvgIpc) is 3.29. The summed E-state index contributed by atoms with van der Waals surface area (Å²) in [5.74, 6) is 0.577. The van der Waals surface area contributed by atoms with Crippen LogP contribution in [-0.4, -0.2) is 34.1 Å². The van der Waals surface area contributed by atoms with Crippen molar-refractivity contribution in [2.24, 2.45) is 11.1 Å². The summed E-state index contributed by atoms with van der Waals surface area (Å²) in [4.78, 5) is 2.41. The van der Waals surface area contributed by atoms with Gasteiger partial charge in [-0.25, -0.2) is 13.6 Å². The van der Waals surface area contributed by atoms with Gasteiger partial charge < -0.3 is 10.2 Å². The predicted molar refractivity (Wildman–Crippen MR) is 83.8 cm³/mol. The molecule has 1 saturated heterocycles. The Morgan fingerprint density at radius 3 is 2.71 bits per heavy atom. The molecular formula is C15H23N3O2S. The lowest BCUT2D eigenvalue weighted by atomic mass is 9.97. The van der Waals surface area contributed by atoms with Crippen LogP contribution < -0.4 is 15.4 Å². The molecule has 1 aliphatic heterocycles. The Balaban J connectivity index is 1.73. The van der Waals surface area contributed by atoms with E-state index in [1.807, 2.05) is 12.1 Å². The minimum atomic E-state index is -3.67. The number of para-hydroxylation sites is 1. The first kappa shape index (κ1) is 14.8. The van der Waals surface area contributed by atoms with Crippen molar-refractivity contribution in [1.29, 1.82) is 0 Å². The summed E-state index contributed by atoms with van der Waals surface area (Å²) in [6, 6.07) is 7.76. The van der Waals surface area contributed by atoms with Gasteiger partial charge in [-0.1, -0.05) is 12.1 Å². The molecule has 1 aromatic rings. The van der Waals surface area contributed by atoms with Gasteiger partial charge in [-0.15, -0.1) is 0 Å². The Kier molecular flexibility index (Phi) is 4.19. The number of nitrogens with zero attached hydrogens (tertiary/aromatic N) is 1. The Labute approximate surface area is 126 Å². The molecule has 2 aliphatic rings. The molecule has 6 heteroatoms. The summed E-state index contributed by atoms with van der Waals surface area (Å²) in [5, 5.41) is 8.91. The smallest absolute Gasteiger partial charge is 0.240 e. The first-order chi connectivity index (χ1) is 10.0. The minimum Gasteiger partial charge on any atom is -0.370 e. The SMILES string of the molecule is NS(=O)(=O)c1ccccc1N1CCCC(CNC2CC2)C1. The first-order valence-electron chi connectivity index (χ1n) is 7.64. The van der Waals surface area contributed by atoms with Crippen molar-refractivity contribution in [3.63, 3.8) is 0 Å². The Bertz CT molecular complexity index is 599. The van der Waals surface area contributed by atoms with Gasteiger partial charge in [0.1, 0.15) is 4.90 Å². The zero-order valence-corrected chi connectivity index (χ0v) is 13.0. The van der Waals surface area contributed by atoms with Crippen LogP contribution in [0.3, 0.4) is 0 Å². The lowest BCUT2D eigenvalue weighted by Gasteiger charge is -2.35. The van der Waals surface area contributed by atoms with E-state index in [0.717, 1.165) is 37.8 Å². The molecular weight excluding hydrogens is 286 g/mol. The average molecular weight is 309 g/mol. The number of benzene rings is 1. The van der Waals surface area contributed by atoms with Crippen molar-refractivity contribution in [2.45, 2.75) is 36.6 Å². The van der Waals surface area contributed by atoms with E-state index < -0.39 is 10.0 Å². The summed E-state index contributed by atoms with van der Waals surface area (Å²) in [6.07, 6.45) is 4.89. The summed E-state index contributed by atoms with van der Waals surface area (Å²) in [5.41, 5.74) is 0.746. The topological polar surface area (TPSA) is 75.4 Å². The maximum Gasteiger partial charge on any atom is 0.240 e. The number of sulfonamides is 1. The van der Waals surface area contributed by atoms with Gasteiger partial charge in [-0.05, 0) is 50.3 Å². The van der Waals surface area contributed by atoms with Crippen LogP contribution in [0.4, 0.5) is 5.69 Å². The van der Waals surface area contributed by atoms with Gasteiger partial charge in [0.25, 0.3) is 0 Å². The highest BCUT2D eigenvalue weighted by Gasteiger charge is 2.26. The van der Waals surface area contributed by atoms with Crippen LogP contribution in [0.2, 0.25) is 0 Å². The third-order valence-corrected chi connectivity index (χ3v) is 5.26. The Morgan fingerprint density at radius 2 is 2.00 bits per heavy atom. The molecule has 2 fully saturated rings. The number of nitrogens with two attached hydrogens (primary N) is 1. The van der Waals surface area contributed by atoms with Gasteiger partial charge in [0.2, 0.25) is 10.0 Å². The van der Waals surface area contributed by atoms with Gasteiger partial charge in [0.15, 0.2) is 0 Å². The standard InChI is InChI=1S/C15H23N3O2S/c16-21(19,20)15-6-2-1-5-14(15)18-9-3-4-12(11-18)10-17-13-7-8-13/h1-2,5-6,12-13,17H,3-4,7-11H2,(H2,16,19,20). The van der Waals surface area contributed by atoms with Crippen molar-refractivity contribution >= 4 is 15.7 Å². The molecule has 0 spiro atoms. The van der Waals surface area contributed by atoms with Crippen LogP contribution >= 0.6 is 0 Å². The van der Waals surface area contributed by atoms with Crippen LogP contribution in [-0.2, 0) is 10.0 Å². The fourth-order valence-electron chi connectivity index (χ4n) is 3.03. The third kappa shape index (κ3) is 3.75. The second kappa shape index (κ2) is 5.94. The molecule has 0 radical (unpaired) electrons.